The van der Waals surface area contributed by atoms with Gasteiger partial charge in [0.05, 0.1) is 18.6 Å². The molecule has 18 heavy (non-hydrogen) atoms. The normalized spacial score (nSPS) is 20.4. The van der Waals surface area contributed by atoms with Crippen LogP contribution in [-0.4, -0.2) is 42.4 Å². The number of aromatic nitrogens is 1. The minimum atomic E-state index is -0.904. The van der Waals surface area contributed by atoms with Crippen LogP contribution in [0.15, 0.2) is 12.3 Å². The van der Waals surface area contributed by atoms with E-state index in [1.807, 2.05) is 11.8 Å². The highest BCUT2D eigenvalue weighted by Crippen LogP contribution is 2.40. The van der Waals surface area contributed by atoms with E-state index in [-0.39, 0.29) is 5.41 Å². The lowest BCUT2D eigenvalue weighted by Crippen LogP contribution is -2.66. The highest BCUT2D eigenvalue weighted by molar-refractivity contribution is 5.93. The van der Waals surface area contributed by atoms with Crippen LogP contribution in [-0.2, 0) is 11.2 Å². The first kappa shape index (κ1) is 11.5. The van der Waals surface area contributed by atoms with Crippen LogP contribution < -0.4 is 4.90 Å². The van der Waals surface area contributed by atoms with Gasteiger partial charge in [0.15, 0.2) is 0 Å². The molecule has 1 aromatic rings. The van der Waals surface area contributed by atoms with Crippen molar-refractivity contribution in [3.05, 3.63) is 23.4 Å². The Balaban J connectivity index is 1.85. The number of carbonyl (C=O) groups is 1. The van der Waals surface area contributed by atoms with Crippen molar-refractivity contribution in [3.63, 3.8) is 0 Å². The van der Waals surface area contributed by atoms with E-state index in [1.165, 1.54) is 0 Å². The summed E-state index contributed by atoms with van der Waals surface area (Å²) in [7, 11) is 0. The number of anilines is 1. The molecule has 2 fully saturated rings. The Morgan fingerprint density at radius 3 is 2.78 bits per heavy atom. The van der Waals surface area contributed by atoms with Gasteiger partial charge in [0, 0.05) is 19.3 Å². The van der Waals surface area contributed by atoms with Gasteiger partial charge in [-0.05, 0) is 18.1 Å². The molecule has 1 aromatic heterocycles. The minimum absolute atomic E-state index is 0.265. The fourth-order valence-corrected chi connectivity index (χ4v) is 2.59. The molecule has 0 aliphatic carbocycles. The molecule has 1 spiro atoms. The molecule has 0 bridgehead atoms. The predicted octanol–water partition coefficient (Wildman–Crippen LogP) is 1.18. The Morgan fingerprint density at radius 2 is 2.28 bits per heavy atom. The topological polar surface area (TPSA) is 62.7 Å². The van der Waals surface area contributed by atoms with Crippen molar-refractivity contribution < 1.29 is 14.6 Å². The third-order valence-electron chi connectivity index (χ3n) is 3.73. The number of carboxylic acid groups (broad SMARTS) is 1. The second-order valence-corrected chi connectivity index (χ2v) is 5.22. The van der Waals surface area contributed by atoms with Crippen LogP contribution >= 0.6 is 0 Å². The van der Waals surface area contributed by atoms with Crippen molar-refractivity contribution in [1.82, 2.24) is 4.98 Å². The number of aryl methyl sites for hydroxylation is 1. The second kappa shape index (κ2) is 3.95. The van der Waals surface area contributed by atoms with Crippen molar-refractivity contribution in [2.45, 2.75) is 13.3 Å². The molecule has 2 aliphatic rings. The molecule has 2 aliphatic heterocycles. The van der Waals surface area contributed by atoms with Gasteiger partial charge in [-0.1, -0.05) is 6.92 Å². The van der Waals surface area contributed by atoms with Crippen LogP contribution in [0.25, 0.3) is 0 Å². The maximum absolute atomic E-state index is 11.3. The number of hydrogen-bond donors (Lipinski definition) is 1. The number of carboxylic acids is 1. The molecule has 96 valence electrons. The molecular formula is C13H16N2O3. The van der Waals surface area contributed by atoms with Gasteiger partial charge in [0.25, 0.3) is 0 Å². The molecule has 0 radical (unpaired) electrons. The summed E-state index contributed by atoms with van der Waals surface area (Å²) in [4.78, 5) is 17.6. The van der Waals surface area contributed by atoms with E-state index in [4.69, 9.17) is 4.74 Å². The highest BCUT2D eigenvalue weighted by atomic mass is 16.5. The monoisotopic (exact) mass is 248 g/mol. The number of aromatic carboxylic acids is 1. The van der Waals surface area contributed by atoms with Crippen molar-refractivity contribution in [2.75, 3.05) is 31.2 Å². The minimum Gasteiger partial charge on any atom is -0.478 e. The largest absolute Gasteiger partial charge is 0.478 e. The first-order valence-corrected chi connectivity index (χ1v) is 6.18. The number of hydrogen-bond acceptors (Lipinski definition) is 4. The Morgan fingerprint density at radius 1 is 1.56 bits per heavy atom. The van der Waals surface area contributed by atoms with Crippen LogP contribution in [0.2, 0.25) is 0 Å². The molecule has 3 heterocycles. The summed E-state index contributed by atoms with van der Waals surface area (Å²) in [5.41, 5.74) is 1.53. The molecule has 3 rings (SSSR count). The van der Waals surface area contributed by atoms with Gasteiger partial charge < -0.3 is 14.7 Å². The maximum Gasteiger partial charge on any atom is 0.339 e. The van der Waals surface area contributed by atoms with E-state index in [9.17, 15) is 9.90 Å². The van der Waals surface area contributed by atoms with E-state index < -0.39 is 5.97 Å². The summed E-state index contributed by atoms with van der Waals surface area (Å²) < 4.78 is 5.22. The lowest BCUT2D eigenvalue weighted by molar-refractivity contribution is -0.127. The number of rotatable bonds is 3. The van der Waals surface area contributed by atoms with Gasteiger partial charge in [-0.3, -0.25) is 0 Å². The predicted molar refractivity (Wildman–Crippen MR) is 66.0 cm³/mol. The van der Waals surface area contributed by atoms with E-state index >= 15 is 0 Å². The summed E-state index contributed by atoms with van der Waals surface area (Å²) in [6, 6.07) is 1.73. The fraction of sp³-hybridized carbons (Fsp3) is 0.538. The number of pyridine rings is 1. The van der Waals surface area contributed by atoms with Crippen LogP contribution in [0.5, 0.6) is 0 Å². The Labute approximate surface area is 105 Å². The van der Waals surface area contributed by atoms with Crippen molar-refractivity contribution >= 4 is 11.8 Å². The molecule has 0 amide bonds. The Kier molecular flexibility index (Phi) is 2.52. The van der Waals surface area contributed by atoms with E-state index in [0.29, 0.717) is 11.4 Å². The van der Waals surface area contributed by atoms with Crippen LogP contribution in [0.3, 0.4) is 0 Å². The van der Waals surface area contributed by atoms with Crippen molar-refractivity contribution in [1.29, 1.82) is 0 Å². The van der Waals surface area contributed by atoms with E-state index in [2.05, 4.69) is 4.98 Å². The molecule has 0 saturated carbocycles. The molecule has 0 unspecified atom stereocenters. The molecule has 2 saturated heterocycles. The Hall–Kier alpha value is -1.62. The van der Waals surface area contributed by atoms with Crippen LogP contribution in [0.1, 0.15) is 22.8 Å². The van der Waals surface area contributed by atoms with Gasteiger partial charge in [0.2, 0.25) is 0 Å². The van der Waals surface area contributed by atoms with Crippen molar-refractivity contribution in [3.8, 4) is 0 Å². The van der Waals surface area contributed by atoms with Crippen LogP contribution in [0, 0.1) is 5.41 Å². The molecule has 0 atom stereocenters. The third kappa shape index (κ3) is 1.66. The molecule has 0 aromatic carbocycles. The summed E-state index contributed by atoms with van der Waals surface area (Å²) >= 11 is 0. The number of ether oxygens (including phenoxy) is 1. The summed E-state index contributed by atoms with van der Waals surface area (Å²) in [6.07, 6.45) is 2.56. The van der Waals surface area contributed by atoms with Gasteiger partial charge in [-0.2, -0.15) is 0 Å². The van der Waals surface area contributed by atoms with Gasteiger partial charge >= 0.3 is 5.97 Å². The van der Waals surface area contributed by atoms with Gasteiger partial charge in [-0.15, -0.1) is 0 Å². The SMILES string of the molecule is CCc1cnc(N2CC3(COC3)C2)c(C(=O)O)c1. The van der Waals surface area contributed by atoms with E-state index in [0.717, 1.165) is 38.3 Å². The highest BCUT2D eigenvalue weighted by Gasteiger charge is 2.50. The van der Waals surface area contributed by atoms with Crippen LogP contribution in [0.4, 0.5) is 5.82 Å². The zero-order valence-electron chi connectivity index (χ0n) is 10.3. The standard InChI is InChI=1S/C13H16N2O3/c1-2-9-3-10(12(16)17)11(14-4-9)15-5-13(6-15)7-18-8-13/h3-4H,2,5-8H2,1H3,(H,16,17). The molecular weight excluding hydrogens is 232 g/mol. The first-order chi connectivity index (χ1) is 8.63. The molecule has 5 nitrogen and oxygen atoms in total. The average molecular weight is 248 g/mol. The van der Waals surface area contributed by atoms with E-state index in [1.54, 1.807) is 12.3 Å². The smallest absolute Gasteiger partial charge is 0.339 e. The first-order valence-electron chi connectivity index (χ1n) is 6.18. The zero-order chi connectivity index (χ0) is 12.8. The third-order valence-corrected chi connectivity index (χ3v) is 3.73. The molecule has 5 heteroatoms. The zero-order valence-corrected chi connectivity index (χ0v) is 10.3. The quantitative estimate of drug-likeness (QED) is 0.870. The number of nitrogens with zero attached hydrogens (tertiary/aromatic N) is 2. The van der Waals surface area contributed by atoms with Crippen molar-refractivity contribution in [2.24, 2.45) is 5.41 Å². The maximum atomic E-state index is 11.3. The average Bonchev–Trinajstić information content (AvgIpc) is 2.25. The lowest BCUT2D eigenvalue weighted by Gasteiger charge is -2.55. The summed E-state index contributed by atoms with van der Waals surface area (Å²) in [6.45, 7) is 5.28. The summed E-state index contributed by atoms with van der Waals surface area (Å²) in [5, 5.41) is 9.26. The lowest BCUT2D eigenvalue weighted by atomic mass is 9.78. The summed E-state index contributed by atoms with van der Waals surface area (Å²) in [5.74, 6) is -0.309. The second-order valence-electron chi connectivity index (χ2n) is 5.22. The molecule has 1 N–H and O–H groups in total. The van der Waals surface area contributed by atoms with Gasteiger partial charge in [0.1, 0.15) is 11.4 Å². The Bertz CT molecular complexity index is 489. The fourth-order valence-electron chi connectivity index (χ4n) is 2.59. The van der Waals surface area contributed by atoms with Gasteiger partial charge in [-0.25, -0.2) is 9.78 Å².